The molecule has 3 nitrogen and oxygen atoms in total. The Bertz CT molecular complexity index is 1090. The van der Waals surface area contributed by atoms with Crippen LogP contribution in [0.3, 0.4) is 0 Å². The summed E-state index contributed by atoms with van der Waals surface area (Å²) < 4.78 is 55.0. The number of hydrogen-bond acceptors (Lipinski definition) is 3. The van der Waals surface area contributed by atoms with Crippen molar-refractivity contribution < 1.29 is 27.8 Å². The zero-order valence-corrected chi connectivity index (χ0v) is 18.5. The van der Waals surface area contributed by atoms with Gasteiger partial charge in [0.15, 0.2) is 11.6 Å². The van der Waals surface area contributed by atoms with Crippen LogP contribution in [0, 0.1) is 17.5 Å². The molecule has 3 aromatic carbocycles. The van der Waals surface area contributed by atoms with Crippen molar-refractivity contribution in [2.75, 3.05) is 6.61 Å². The molecule has 0 aliphatic heterocycles. The Balaban J connectivity index is 1.34. The molecule has 1 aliphatic carbocycles. The van der Waals surface area contributed by atoms with E-state index in [0.717, 1.165) is 25.7 Å². The molecule has 33 heavy (non-hydrogen) atoms. The van der Waals surface area contributed by atoms with Crippen molar-refractivity contribution in [3.8, 4) is 22.6 Å². The fourth-order valence-electron chi connectivity index (χ4n) is 4.41. The number of phenolic OH excluding ortho intramolecular Hbond substituents is 1. The summed E-state index contributed by atoms with van der Waals surface area (Å²) >= 11 is 0. The van der Waals surface area contributed by atoms with Gasteiger partial charge < -0.3 is 14.6 Å². The van der Waals surface area contributed by atoms with Gasteiger partial charge in [-0.25, -0.2) is 13.2 Å². The van der Waals surface area contributed by atoms with Gasteiger partial charge in [-0.1, -0.05) is 30.3 Å². The Hall–Kier alpha value is -2.99. The molecule has 1 saturated carbocycles. The van der Waals surface area contributed by atoms with Crippen molar-refractivity contribution in [1.82, 2.24) is 0 Å². The van der Waals surface area contributed by atoms with Gasteiger partial charge >= 0.3 is 0 Å². The predicted octanol–water partition coefficient (Wildman–Crippen LogP) is 7.12. The molecule has 0 unspecified atom stereocenters. The summed E-state index contributed by atoms with van der Waals surface area (Å²) in [6.45, 7) is 2.33. The summed E-state index contributed by atoms with van der Waals surface area (Å²) in [5.74, 6) is -1.41. The molecule has 6 heteroatoms. The quantitative estimate of drug-likeness (QED) is 0.411. The van der Waals surface area contributed by atoms with Gasteiger partial charge in [0.1, 0.15) is 17.3 Å². The fraction of sp³-hybridized carbons (Fsp3) is 0.333. The number of aromatic hydroxyl groups is 1. The summed E-state index contributed by atoms with van der Waals surface area (Å²) in [5, 5.41) is 9.38. The lowest BCUT2D eigenvalue weighted by molar-refractivity contribution is 0.0117. The third-order valence-corrected chi connectivity index (χ3v) is 6.21. The van der Waals surface area contributed by atoms with Crippen LogP contribution in [0.1, 0.15) is 49.7 Å². The second kappa shape index (κ2) is 10.3. The van der Waals surface area contributed by atoms with Gasteiger partial charge in [-0.05, 0) is 67.9 Å². The van der Waals surface area contributed by atoms with Crippen LogP contribution >= 0.6 is 0 Å². The zero-order chi connectivity index (χ0) is 23.4. The number of benzene rings is 3. The van der Waals surface area contributed by atoms with Crippen molar-refractivity contribution >= 4 is 0 Å². The Morgan fingerprint density at radius 1 is 0.879 bits per heavy atom. The van der Waals surface area contributed by atoms with E-state index in [1.165, 1.54) is 42.5 Å². The van der Waals surface area contributed by atoms with E-state index in [0.29, 0.717) is 23.5 Å². The van der Waals surface area contributed by atoms with Gasteiger partial charge in [0.2, 0.25) is 0 Å². The van der Waals surface area contributed by atoms with Crippen LogP contribution in [0.25, 0.3) is 11.1 Å². The van der Waals surface area contributed by atoms with Gasteiger partial charge in [0, 0.05) is 17.2 Å². The molecule has 1 fully saturated rings. The lowest BCUT2D eigenvalue weighted by Gasteiger charge is -2.29. The lowest BCUT2D eigenvalue weighted by atomic mass is 9.82. The summed E-state index contributed by atoms with van der Waals surface area (Å²) in [4.78, 5) is 0. The highest BCUT2D eigenvalue weighted by atomic mass is 19.2. The Morgan fingerprint density at radius 3 is 2.27 bits per heavy atom. The zero-order valence-electron chi connectivity index (χ0n) is 18.5. The molecule has 1 N–H and O–H groups in total. The van der Waals surface area contributed by atoms with Crippen molar-refractivity contribution in [2.24, 2.45) is 0 Å². The Labute approximate surface area is 191 Å². The molecule has 0 heterocycles. The van der Waals surface area contributed by atoms with E-state index in [1.807, 2.05) is 6.92 Å². The Morgan fingerprint density at radius 2 is 1.61 bits per heavy atom. The molecule has 0 saturated heterocycles. The molecule has 0 radical (unpaired) electrons. The maximum absolute atomic E-state index is 14.6. The molecular formula is C27H27F3O3. The van der Waals surface area contributed by atoms with Crippen molar-refractivity contribution in [3.05, 3.63) is 83.2 Å². The minimum Gasteiger partial charge on any atom is -0.508 e. The predicted molar refractivity (Wildman–Crippen MR) is 121 cm³/mol. The lowest BCUT2D eigenvalue weighted by Crippen LogP contribution is -2.21. The number of hydrogen-bond donors (Lipinski definition) is 1. The SMILES string of the molecule is CCOc1ccc(C2CCC(OCc3ccc(-c4ccc(O)cc4)c(F)c3F)CC2)c(F)c1. The summed E-state index contributed by atoms with van der Waals surface area (Å²) in [6, 6.07) is 14.0. The molecule has 4 rings (SSSR count). The van der Waals surface area contributed by atoms with Crippen LogP contribution in [0.5, 0.6) is 11.5 Å². The van der Waals surface area contributed by atoms with Gasteiger partial charge in [0.25, 0.3) is 0 Å². The summed E-state index contributed by atoms with van der Waals surface area (Å²) in [7, 11) is 0. The van der Waals surface area contributed by atoms with Gasteiger partial charge in [0.05, 0.1) is 19.3 Å². The van der Waals surface area contributed by atoms with E-state index in [4.69, 9.17) is 9.47 Å². The third kappa shape index (κ3) is 5.33. The second-order valence-corrected chi connectivity index (χ2v) is 8.35. The number of phenols is 1. The van der Waals surface area contributed by atoms with Crippen molar-refractivity contribution in [3.63, 3.8) is 0 Å². The monoisotopic (exact) mass is 456 g/mol. The van der Waals surface area contributed by atoms with E-state index in [2.05, 4.69) is 0 Å². The summed E-state index contributed by atoms with van der Waals surface area (Å²) in [5.41, 5.74) is 1.47. The first-order valence-electron chi connectivity index (χ1n) is 11.3. The fourth-order valence-corrected chi connectivity index (χ4v) is 4.41. The topological polar surface area (TPSA) is 38.7 Å². The van der Waals surface area contributed by atoms with E-state index in [1.54, 1.807) is 12.1 Å². The molecule has 3 aromatic rings. The highest BCUT2D eigenvalue weighted by Crippen LogP contribution is 2.37. The normalized spacial score (nSPS) is 18.3. The highest BCUT2D eigenvalue weighted by Gasteiger charge is 2.25. The van der Waals surface area contributed by atoms with Crippen LogP contribution in [-0.2, 0) is 11.3 Å². The minimum absolute atomic E-state index is 0.0225. The van der Waals surface area contributed by atoms with E-state index in [-0.39, 0.29) is 41.3 Å². The number of ether oxygens (including phenoxy) is 2. The van der Waals surface area contributed by atoms with Crippen LogP contribution in [0.2, 0.25) is 0 Å². The first kappa shape index (κ1) is 23.2. The molecule has 0 bridgehead atoms. The summed E-state index contributed by atoms with van der Waals surface area (Å²) in [6.07, 6.45) is 2.92. The van der Waals surface area contributed by atoms with E-state index >= 15 is 0 Å². The Kier molecular flexibility index (Phi) is 7.23. The van der Waals surface area contributed by atoms with E-state index in [9.17, 15) is 18.3 Å². The first-order valence-corrected chi connectivity index (χ1v) is 11.3. The number of rotatable bonds is 7. The molecule has 1 aliphatic rings. The molecule has 0 spiro atoms. The molecule has 174 valence electrons. The molecule has 0 aromatic heterocycles. The van der Waals surface area contributed by atoms with Crippen LogP contribution in [0.15, 0.2) is 54.6 Å². The molecule has 0 amide bonds. The van der Waals surface area contributed by atoms with Crippen LogP contribution in [-0.4, -0.2) is 17.8 Å². The van der Waals surface area contributed by atoms with Crippen LogP contribution < -0.4 is 4.74 Å². The first-order chi connectivity index (χ1) is 16.0. The van der Waals surface area contributed by atoms with Crippen LogP contribution in [0.4, 0.5) is 13.2 Å². The standard InChI is InChI=1S/C27H27F3O3/c1-2-32-22-12-14-23(25(28)15-22)17-5-10-21(11-6-17)33-16-19-7-13-24(27(30)26(19)29)18-3-8-20(31)9-4-18/h3-4,7-9,12-15,17,21,31H,2,5-6,10-11,16H2,1H3. The smallest absolute Gasteiger partial charge is 0.167 e. The van der Waals surface area contributed by atoms with Gasteiger partial charge in [-0.15, -0.1) is 0 Å². The maximum Gasteiger partial charge on any atom is 0.167 e. The van der Waals surface area contributed by atoms with E-state index < -0.39 is 11.6 Å². The third-order valence-electron chi connectivity index (χ3n) is 6.21. The van der Waals surface area contributed by atoms with Gasteiger partial charge in [-0.2, -0.15) is 0 Å². The second-order valence-electron chi connectivity index (χ2n) is 8.35. The van der Waals surface area contributed by atoms with Crippen molar-refractivity contribution in [2.45, 2.75) is 51.2 Å². The molecule has 0 atom stereocenters. The maximum atomic E-state index is 14.6. The largest absolute Gasteiger partial charge is 0.508 e. The number of halogens is 3. The highest BCUT2D eigenvalue weighted by molar-refractivity contribution is 5.65. The minimum atomic E-state index is -0.934. The average molecular weight is 457 g/mol. The van der Waals surface area contributed by atoms with Crippen molar-refractivity contribution in [1.29, 1.82) is 0 Å². The molecular weight excluding hydrogens is 429 g/mol. The average Bonchev–Trinajstić information content (AvgIpc) is 2.82. The van der Waals surface area contributed by atoms with Gasteiger partial charge in [-0.3, -0.25) is 0 Å².